The van der Waals surface area contributed by atoms with Gasteiger partial charge < -0.3 is 20.1 Å². The molecule has 174 valence electrons. The number of ether oxygens (including phenoxy) is 1. The van der Waals surface area contributed by atoms with E-state index in [1.54, 1.807) is 48.5 Å². The number of phenolic OH excluding ortho intramolecular Hbond substituents is 1. The van der Waals surface area contributed by atoms with Crippen molar-refractivity contribution in [2.45, 2.75) is 0 Å². The van der Waals surface area contributed by atoms with Gasteiger partial charge >= 0.3 is 0 Å². The Morgan fingerprint density at radius 2 is 1.71 bits per heavy atom. The molecule has 3 aromatic carbocycles. The number of nitrogens with zero attached hydrogens (tertiary/aromatic N) is 2. The van der Waals surface area contributed by atoms with Crippen molar-refractivity contribution in [1.29, 1.82) is 0 Å². The van der Waals surface area contributed by atoms with Gasteiger partial charge in [-0.05, 0) is 54.1 Å². The summed E-state index contributed by atoms with van der Waals surface area (Å²) in [5, 5.41) is 16.5. The van der Waals surface area contributed by atoms with Gasteiger partial charge in [0, 0.05) is 30.9 Å². The lowest BCUT2D eigenvalue weighted by molar-refractivity contribution is -0.117. The zero-order valence-electron chi connectivity index (χ0n) is 19.1. The summed E-state index contributed by atoms with van der Waals surface area (Å²) in [6, 6.07) is 20.7. The zero-order valence-corrected chi connectivity index (χ0v) is 19.1. The maximum Gasteiger partial charge on any atom is 0.287 e. The third kappa shape index (κ3) is 6.46. The maximum atomic E-state index is 12.9. The number of rotatable bonds is 8. The van der Waals surface area contributed by atoms with Gasteiger partial charge in [0.1, 0.15) is 17.2 Å². The predicted molar refractivity (Wildman–Crippen MR) is 133 cm³/mol. The number of anilines is 1. The standard InChI is InChI=1S/C26H26N4O4/c1-30(2)21-11-9-18(10-12-21)15-23(28-25(32)19-7-5-4-6-8-19)26(33)29-27-17-20-16-22(34-3)13-14-24(20)31/h4-17,31H,1-3H3,(H,28,32)(H,29,33)/b23-15-,27-17-. The number of hydrazone groups is 1. The summed E-state index contributed by atoms with van der Waals surface area (Å²) < 4.78 is 5.13. The molecule has 8 nitrogen and oxygen atoms in total. The second kappa shape index (κ2) is 11.3. The van der Waals surface area contributed by atoms with Gasteiger partial charge in [0.2, 0.25) is 0 Å². The molecular weight excluding hydrogens is 432 g/mol. The van der Waals surface area contributed by atoms with Crippen LogP contribution in [-0.2, 0) is 4.79 Å². The molecule has 0 atom stereocenters. The molecule has 0 aliphatic carbocycles. The van der Waals surface area contributed by atoms with E-state index in [-0.39, 0.29) is 11.4 Å². The van der Waals surface area contributed by atoms with Gasteiger partial charge in [0.05, 0.1) is 13.3 Å². The third-order valence-electron chi connectivity index (χ3n) is 4.85. The summed E-state index contributed by atoms with van der Waals surface area (Å²) in [4.78, 5) is 27.5. The van der Waals surface area contributed by atoms with E-state index in [1.807, 2.05) is 43.3 Å². The molecule has 0 unspecified atom stereocenters. The van der Waals surface area contributed by atoms with E-state index in [0.717, 1.165) is 11.3 Å². The highest BCUT2D eigenvalue weighted by molar-refractivity contribution is 6.05. The van der Waals surface area contributed by atoms with E-state index in [4.69, 9.17) is 4.74 Å². The lowest BCUT2D eigenvalue weighted by Gasteiger charge is -2.12. The summed E-state index contributed by atoms with van der Waals surface area (Å²) in [7, 11) is 5.37. The molecule has 0 heterocycles. The molecule has 0 spiro atoms. The van der Waals surface area contributed by atoms with Crippen LogP contribution >= 0.6 is 0 Å². The molecule has 0 aliphatic heterocycles. The summed E-state index contributed by atoms with van der Waals surface area (Å²) in [5.74, 6) is -0.545. The fourth-order valence-corrected chi connectivity index (χ4v) is 2.96. The fourth-order valence-electron chi connectivity index (χ4n) is 2.96. The molecule has 0 fully saturated rings. The molecular formula is C26H26N4O4. The predicted octanol–water partition coefficient (Wildman–Crippen LogP) is 3.39. The minimum Gasteiger partial charge on any atom is -0.507 e. The summed E-state index contributed by atoms with van der Waals surface area (Å²) >= 11 is 0. The van der Waals surface area contributed by atoms with E-state index < -0.39 is 11.8 Å². The van der Waals surface area contributed by atoms with Gasteiger partial charge in [-0.25, -0.2) is 5.43 Å². The van der Waals surface area contributed by atoms with Crippen molar-refractivity contribution in [2.75, 3.05) is 26.1 Å². The van der Waals surface area contributed by atoms with Crippen LogP contribution < -0.4 is 20.4 Å². The van der Waals surface area contributed by atoms with E-state index >= 15 is 0 Å². The number of hydrogen-bond acceptors (Lipinski definition) is 6. The highest BCUT2D eigenvalue weighted by Gasteiger charge is 2.14. The number of phenols is 1. The minimum atomic E-state index is -0.625. The van der Waals surface area contributed by atoms with Crippen LogP contribution in [0.4, 0.5) is 5.69 Å². The van der Waals surface area contributed by atoms with Gasteiger partial charge in [0.15, 0.2) is 0 Å². The summed E-state index contributed by atoms with van der Waals surface area (Å²) in [6.07, 6.45) is 2.85. The Hall–Kier alpha value is -4.59. The van der Waals surface area contributed by atoms with Gasteiger partial charge in [-0.15, -0.1) is 0 Å². The Labute approximate surface area is 198 Å². The maximum absolute atomic E-state index is 12.9. The number of hydrogen-bond donors (Lipinski definition) is 3. The zero-order chi connectivity index (χ0) is 24.5. The van der Waals surface area contributed by atoms with Crippen LogP contribution in [0.5, 0.6) is 11.5 Å². The normalized spacial score (nSPS) is 11.2. The molecule has 0 bridgehead atoms. The number of carbonyl (C=O) groups is 2. The monoisotopic (exact) mass is 458 g/mol. The van der Waals surface area contributed by atoms with Gasteiger partial charge in [-0.1, -0.05) is 30.3 Å². The van der Waals surface area contributed by atoms with E-state index in [1.165, 1.54) is 19.4 Å². The van der Waals surface area contributed by atoms with Crippen LogP contribution in [0.1, 0.15) is 21.5 Å². The largest absolute Gasteiger partial charge is 0.507 e. The number of methoxy groups -OCH3 is 1. The Kier molecular flexibility index (Phi) is 8.02. The van der Waals surface area contributed by atoms with Crippen molar-refractivity contribution >= 4 is 29.8 Å². The number of benzene rings is 3. The molecule has 0 saturated carbocycles. The second-order valence-corrected chi connectivity index (χ2v) is 7.49. The van der Waals surface area contributed by atoms with Gasteiger partial charge in [0.25, 0.3) is 11.8 Å². The van der Waals surface area contributed by atoms with Crippen molar-refractivity contribution in [3.8, 4) is 11.5 Å². The Bertz CT molecular complexity index is 1200. The van der Waals surface area contributed by atoms with Crippen LogP contribution in [0.3, 0.4) is 0 Å². The van der Waals surface area contributed by atoms with Crippen LogP contribution in [0.2, 0.25) is 0 Å². The highest BCUT2D eigenvalue weighted by atomic mass is 16.5. The number of carbonyl (C=O) groups excluding carboxylic acids is 2. The fraction of sp³-hybridized carbons (Fsp3) is 0.115. The Morgan fingerprint density at radius 1 is 1.00 bits per heavy atom. The first-order valence-electron chi connectivity index (χ1n) is 10.4. The molecule has 0 saturated heterocycles. The van der Waals surface area contributed by atoms with E-state index in [2.05, 4.69) is 15.8 Å². The topological polar surface area (TPSA) is 103 Å². The summed E-state index contributed by atoms with van der Waals surface area (Å²) in [6.45, 7) is 0. The molecule has 3 N–H and O–H groups in total. The third-order valence-corrected chi connectivity index (χ3v) is 4.85. The molecule has 2 amide bonds. The molecule has 0 aromatic heterocycles. The van der Waals surface area contributed by atoms with Crippen LogP contribution in [0, 0.1) is 0 Å². The van der Waals surface area contributed by atoms with Crippen molar-refractivity contribution in [2.24, 2.45) is 5.10 Å². The van der Waals surface area contributed by atoms with E-state index in [9.17, 15) is 14.7 Å². The Balaban J connectivity index is 1.83. The molecule has 3 rings (SSSR count). The molecule has 3 aromatic rings. The first kappa shape index (κ1) is 24.1. The molecule has 8 heteroatoms. The van der Waals surface area contributed by atoms with Crippen molar-refractivity contribution in [1.82, 2.24) is 10.7 Å². The van der Waals surface area contributed by atoms with Gasteiger partial charge in [-0.3, -0.25) is 9.59 Å². The highest BCUT2D eigenvalue weighted by Crippen LogP contribution is 2.21. The van der Waals surface area contributed by atoms with Crippen molar-refractivity contribution < 1.29 is 19.4 Å². The minimum absolute atomic E-state index is 0.0125. The molecule has 0 radical (unpaired) electrons. The van der Waals surface area contributed by atoms with Crippen LogP contribution in [0.15, 0.2) is 83.6 Å². The van der Waals surface area contributed by atoms with Crippen LogP contribution in [0.25, 0.3) is 6.08 Å². The van der Waals surface area contributed by atoms with E-state index in [0.29, 0.717) is 16.9 Å². The van der Waals surface area contributed by atoms with Crippen molar-refractivity contribution in [3.63, 3.8) is 0 Å². The second-order valence-electron chi connectivity index (χ2n) is 7.49. The lowest BCUT2D eigenvalue weighted by atomic mass is 10.1. The molecule has 34 heavy (non-hydrogen) atoms. The Morgan fingerprint density at radius 3 is 2.35 bits per heavy atom. The SMILES string of the molecule is COc1ccc(O)c(/C=N\NC(=O)/C(=C/c2ccc(N(C)C)cc2)NC(=O)c2ccccc2)c1. The number of amides is 2. The number of aromatic hydroxyl groups is 1. The smallest absolute Gasteiger partial charge is 0.287 e. The van der Waals surface area contributed by atoms with Crippen molar-refractivity contribution in [3.05, 3.63) is 95.2 Å². The van der Waals surface area contributed by atoms with Crippen LogP contribution in [-0.4, -0.2) is 44.3 Å². The molecule has 0 aliphatic rings. The average Bonchev–Trinajstić information content (AvgIpc) is 2.85. The quantitative estimate of drug-likeness (QED) is 0.273. The van der Waals surface area contributed by atoms with Gasteiger partial charge in [-0.2, -0.15) is 5.10 Å². The first-order chi connectivity index (χ1) is 16.4. The number of nitrogens with one attached hydrogen (secondary N) is 2. The first-order valence-corrected chi connectivity index (χ1v) is 10.4. The lowest BCUT2D eigenvalue weighted by Crippen LogP contribution is -2.32. The summed E-state index contributed by atoms with van der Waals surface area (Å²) in [5.41, 5.74) is 4.89. The average molecular weight is 459 g/mol.